The molecule has 2 aliphatic rings. The molecule has 22 heavy (non-hydrogen) atoms. The number of aliphatic hydroxyl groups excluding tert-OH is 1. The maximum atomic E-state index is 9.81. The largest absolute Gasteiger partial charge is 0.393 e. The highest BCUT2D eigenvalue weighted by Crippen LogP contribution is 2.44. The molecular weight excluding hydrogens is 268 g/mol. The number of rotatable bonds is 10. The molecule has 2 saturated carbocycles. The van der Waals surface area contributed by atoms with Gasteiger partial charge in [-0.15, -0.1) is 0 Å². The fourth-order valence-electron chi connectivity index (χ4n) is 4.97. The van der Waals surface area contributed by atoms with Crippen LogP contribution >= 0.6 is 0 Å². The van der Waals surface area contributed by atoms with Gasteiger partial charge < -0.3 is 5.11 Å². The van der Waals surface area contributed by atoms with Gasteiger partial charge in [-0.05, 0) is 49.9 Å². The Hall–Kier alpha value is -0.0400. The maximum absolute atomic E-state index is 9.81. The van der Waals surface area contributed by atoms with E-state index in [1.54, 1.807) is 0 Å². The summed E-state index contributed by atoms with van der Waals surface area (Å²) in [4.78, 5) is 0. The second-order valence-corrected chi connectivity index (χ2v) is 8.28. The summed E-state index contributed by atoms with van der Waals surface area (Å²) in [6.07, 6.45) is 22.4. The van der Waals surface area contributed by atoms with Crippen LogP contribution in [0.25, 0.3) is 0 Å². The van der Waals surface area contributed by atoms with Crippen molar-refractivity contribution in [2.75, 3.05) is 0 Å². The van der Waals surface area contributed by atoms with E-state index in [4.69, 9.17) is 0 Å². The van der Waals surface area contributed by atoms with E-state index in [0.29, 0.717) is 0 Å². The molecule has 0 spiro atoms. The van der Waals surface area contributed by atoms with Crippen molar-refractivity contribution in [1.29, 1.82) is 0 Å². The Bertz CT molecular complexity index is 275. The minimum Gasteiger partial charge on any atom is -0.393 e. The summed E-state index contributed by atoms with van der Waals surface area (Å²) >= 11 is 0. The molecule has 0 aliphatic heterocycles. The number of hydrogen-bond donors (Lipinski definition) is 1. The number of fused-ring (bicyclic) bond motifs is 1. The average molecular weight is 309 g/mol. The zero-order valence-electron chi connectivity index (χ0n) is 15.1. The summed E-state index contributed by atoms with van der Waals surface area (Å²) in [7, 11) is 0. The SMILES string of the molecule is CCCCCCCCCCCC1CCC2CC(O)CCC2C1. The third-order valence-electron chi connectivity index (χ3n) is 6.41. The quantitative estimate of drug-likeness (QED) is 0.458. The minimum absolute atomic E-state index is 0.0233. The summed E-state index contributed by atoms with van der Waals surface area (Å²) in [6.45, 7) is 2.29. The average Bonchev–Trinajstić information content (AvgIpc) is 2.53. The molecule has 0 bridgehead atoms. The van der Waals surface area contributed by atoms with Crippen LogP contribution in [-0.4, -0.2) is 11.2 Å². The highest BCUT2D eigenvalue weighted by Gasteiger charge is 2.34. The Kier molecular flexibility index (Phi) is 8.89. The highest BCUT2D eigenvalue weighted by atomic mass is 16.3. The molecule has 0 heterocycles. The molecule has 130 valence electrons. The van der Waals surface area contributed by atoms with Crippen LogP contribution in [0.5, 0.6) is 0 Å². The van der Waals surface area contributed by atoms with Crippen LogP contribution in [-0.2, 0) is 0 Å². The van der Waals surface area contributed by atoms with E-state index in [1.807, 2.05) is 0 Å². The van der Waals surface area contributed by atoms with Crippen molar-refractivity contribution >= 4 is 0 Å². The third kappa shape index (κ3) is 6.60. The lowest BCUT2D eigenvalue weighted by Crippen LogP contribution is -2.33. The molecule has 2 rings (SSSR count). The zero-order chi connectivity index (χ0) is 15.6. The van der Waals surface area contributed by atoms with Crippen LogP contribution in [0.3, 0.4) is 0 Å². The van der Waals surface area contributed by atoms with Gasteiger partial charge >= 0.3 is 0 Å². The number of unbranched alkanes of at least 4 members (excludes halogenated alkanes) is 8. The fraction of sp³-hybridized carbons (Fsp3) is 1.00. The first-order valence-corrected chi connectivity index (χ1v) is 10.5. The predicted octanol–water partition coefficient (Wildman–Crippen LogP) is 6.48. The Morgan fingerprint density at radius 1 is 0.682 bits per heavy atom. The van der Waals surface area contributed by atoms with E-state index in [2.05, 4.69) is 6.92 Å². The molecule has 1 N–H and O–H groups in total. The van der Waals surface area contributed by atoms with E-state index in [0.717, 1.165) is 30.6 Å². The van der Waals surface area contributed by atoms with Gasteiger partial charge in [-0.3, -0.25) is 0 Å². The first-order valence-electron chi connectivity index (χ1n) is 10.5. The van der Waals surface area contributed by atoms with Crippen LogP contribution < -0.4 is 0 Å². The summed E-state index contributed by atoms with van der Waals surface area (Å²) in [5, 5.41) is 9.81. The van der Waals surface area contributed by atoms with Crippen molar-refractivity contribution in [3.05, 3.63) is 0 Å². The van der Waals surface area contributed by atoms with Gasteiger partial charge in [0.15, 0.2) is 0 Å². The molecule has 4 atom stereocenters. The standard InChI is InChI=1S/C21H40O/c1-2-3-4-5-6-7-8-9-10-11-18-12-13-20-17-21(22)15-14-19(20)16-18/h18-22H,2-17H2,1H3. The Labute approximate surface area is 139 Å². The van der Waals surface area contributed by atoms with E-state index in [1.165, 1.54) is 89.9 Å². The molecule has 0 aromatic carbocycles. The normalized spacial score (nSPS) is 31.9. The fourth-order valence-corrected chi connectivity index (χ4v) is 4.97. The maximum Gasteiger partial charge on any atom is 0.0543 e. The van der Waals surface area contributed by atoms with E-state index < -0.39 is 0 Å². The van der Waals surface area contributed by atoms with Gasteiger partial charge in [-0.1, -0.05) is 77.6 Å². The Morgan fingerprint density at radius 3 is 2.00 bits per heavy atom. The van der Waals surface area contributed by atoms with Gasteiger partial charge in [0.05, 0.1) is 6.10 Å². The van der Waals surface area contributed by atoms with Crippen molar-refractivity contribution in [2.24, 2.45) is 17.8 Å². The molecular formula is C21H40O. The zero-order valence-corrected chi connectivity index (χ0v) is 15.1. The first-order chi connectivity index (χ1) is 10.8. The molecule has 4 unspecified atom stereocenters. The summed E-state index contributed by atoms with van der Waals surface area (Å²) in [5.74, 6) is 2.84. The Balaban J connectivity index is 1.45. The Morgan fingerprint density at radius 2 is 1.27 bits per heavy atom. The van der Waals surface area contributed by atoms with Crippen LogP contribution in [0, 0.1) is 17.8 Å². The smallest absolute Gasteiger partial charge is 0.0543 e. The molecule has 0 radical (unpaired) electrons. The topological polar surface area (TPSA) is 20.2 Å². The van der Waals surface area contributed by atoms with Crippen molar-refractivity contribution in [3.8, 4) is 0 Å². The monoisotopic (exact) mass is 308 g/mol. The number of aliphatic hydroxyl groups is 1. The molecule has 0 aromatic rings. The summed E-state index contributed by atoms with van der Waals surface area (Å²) < 4.78 is 0. The van der Waals surface area contributed by atoms with Gasteiger partial charge in [0, 0.05) is 0 Å². The molecule has 1 heteroatoms. The second kappa shape index (κ2) is 10.7. The van der Waals surface area contributed by atoms with Crippen molar-refractivity contribution in [1.82, 2.24) is 0 Å². The van der Waals surface area contributed by atoms with Crippen molar-refractivity contribution < 1.29 is 5.11 Å². The lowest BCUT2D eigenvalue weighted by Gasteiger charge is -2.41. The third-order valence-corrected chi connectivity index (χ3v) is 6.41. The van der Waals surface area contributed by atoms with Crippen LogP contribution in [0.1, 0.15) is 110 Å². The van der Waals surface area contributed by atoms with E-state index in [-0.39, 0.29) is 6.10 Å². The lowest BCUT2D eigenvalue weighted by atomic mass is 9.66. The number of hydrogen-bond acceptors (Lipinski definition) is 1. The van der Waals surface area contributed by atoms with Gasteiger partial charge in [0.25, 0.3) is 0 Å². The van der Waals surface area contributed by atoms with Crippen molar-refractivity contribution in [2.45, 2.75) is 116 Å². The lowest BCUT2D eigenvalue weighted by molar-refractivity contribution is 0.0337. The summed E-state index contributed by atoms with van der Waals surface area (Å²) in [6, 6.07) is 0. The van der Waals surface area contributed by atoms with Crippen LogP contribution in [0.2, 0.25) is 0 Å². The van der Waals surface area contributed by atoms with E-state index in [9.17, 15) is 5.11 Å². The van der Waals surface area contributed by atoms with Gasteiger partial charge in [0.2, 0.25) is 0 Å². The summed E-state index contributed by atoms with van der Waals surface area (Å²) in [5.41, 5.74) is 0. The second-order valence-electron chi connectivity index (χ2n) is 8.28. The van der Waals surface area contributed by atoms with Crippen molar-refractivity contribution in [3.63, 3.8) is 0 Å². The predicted molar refractivity (Wildman–Crippen MR) is 96.0 cm³/mol. The molecule has 0 amide bonds. The molecule has 2 aliphatic carbocycles. The van der Waals surface area contributed by atoms with Gasteiger partial charge in [-0.25, -0.2) is 0 Å². The molecule has 0 aromatic heterocycles. The minimum atomic E-state index is 0.0233. The highest BCUT2D eigenvalue weighted by molar-refractivity contribution is 4.85. The van der Waals surface area contributed by atoms with E-state index >= 15 is 0 Å². The van der Waals surface area contributed by atoms with Crippen LogP contribution in [0.15, 0.2) is 0 Å². The molecule has 0 saturated heterocycles. The molecule has 2 fully saturated rings. The van der Waals surface area contributed by atoms with Gasteiger partial charge in [0.1, 0.15) is 0 Å². The first kappa shape index (κ1) is 18.3. The van der Waals surface area contributed by atoms with Crippen LogP contribution in [0.4, 0.5) is 0 Å². The van der Waals surface area contributed by atoms with Gasteiger partial charge in [-0.2, -0.15) is 0 Å². The molecule has 1 nitrogen and oxygen atoms in total.